The summed E-state index contributed by atoms with van der Waals surface area (Å²) in [6, 6.07) is 20.6. The molecule has 0 unspecified atom stereocenters. The first-order valence-corrected chi connectivity index (χ1v) is 7.90. The SMILES string of the molecule is CN1c2ccccc2C=CC1(C)C.c1ccc2ncccc2c1. The van der Waals surface area contributed by atoms with Gasteiger partial charge in [0.1, 0.15) is 0 Å². The van der Waals surface area contributed by atoms with E-state index in [0.29, 0.717) is 0 Å². The summed E-state index contributed by atoms with van der Waals surface area (Å²) in [6.45, 7) is 4.44. The third kappa shape index (κ3) is 3.26. The predicted octanol–water partition coefficient (Wildman–Crippen LogP) is 5.16. The molecule has 0 saturated heterocycles. The second-order valence-electron chi connectivity index (χ2n) is 6.30. The van der Waals surface area contributed by atoms with Crippen molar-refractivity contribution in [3.63, 3.8) is 0 Å². The Hall–Kier alpha value is -2.61. The van der Waals surface area contributed by atoms with E-state index in [0.717, 1.165) is 5.52 Å². The Bertz CT molecular complexity index is 768. The molecule has 0 fully saturated rings. The van der Waals surface area contributed by atoms with Gasteiger partial charge in [0.2, 0.25) is 0 Å². The van der Waals surface area contributed by atoms with Crippen LogP contribution in [0.2, 0.25) is 0 Å². The van der Waals surface area contributed by atoms with Crippen LogP contribution in [0, 0.1) is 0 Å². The smallest absolute Gasteiger partial charge is 0.0701 e. The molecule has 4 rings (SSSR count). The van der Waals surface area contributed by atoms with Crippen molar-refractivity contribution in [3.05, 3.63) is 78.5 Å². The summed E-state index contributed by atoms with van der Waals surface area (Å²) in [5, 5.41) is 1.20. The molecule has 2 aromatic carbocycles. The fourth-order valence-corrected chi connectivity index (χ4v) is 2.67. The lowest BCUT2D eigenvalue weighted by Crippen LogP contribution is -2.41. The molecular weight excluding hydrogens is 280 g/mol. The van der Waals surface area contributed by atoms with E-state index in [1.165, 1.54) is 16.6 Å². The maximum absolute atomic E-state index is 4.18. The van der Waals surface area contributed by atoms with Crippen LogP contribution in [0.4, 0.5) is 5.69 Å². The molecule has 2 heteroatoms. The Morgan fingerprint density at radius 2 is 1.57 bits per heavy atom. The van der Waals surface area contributed by atoms with E-state index >= 15 is 0 Å². The van der Waals surface area contributed by atoms with Gasteiger partial charge < -0.3 is 4.90 Å². The van der Waals surface area contributed by atoms with Crippen LogP contribution in [0.15, 0.2) is 72.9 Å². The molecule has 0 N–H and O–H groups in total. The number of para-hydroxylation sites is 2. The second-order valence-corrected chi connectivity index (χ2v) is 6.30. The maximum Gasteiger partial charge on any atom is 0.0701 e. The molecule has 1 aliphatic heterocycles. The molecule has 0 saturated carbocycles. The number of fused-ring (bicyclic) bond motifs is 2. The lowest BCUT2D eigenvalue weighted by molar-refractivity contribution is 0.600. The zero-order valence-electron chi connectivity index (χ0n) is 13.9. The molecule has 23 heavy (non-hydrogen) atoms. The van der Waals surface area contributed by atoms with Gasteiger partial charge in [-0.25, -0.2) is 0 Å². The molecule has 116 valence electrons. The van der Waals surface area contributed by atoms with Gasteiger partial charge in [0.15, 0.2) is 0 Å². The van der Waals surface area contributed by atoms with Crippen LogP contribution in [-0.4, -0.2) is 17.6 Å². The van der Waals surface area contributed by atoms with Gasteiger partial charge in [-0.1, -0.05) is 54.6 Å². The third-order valence-electron chi connectivity index (χ3n) is 4.35. The highest BCUT2D eigenvalue weighted by Crippen LogP contribution is 2.32. The summed E-state index contributed by atoms with van der Waals surface area (Å²) in [6.07, 6.45) is 6.26. The normalized spacial score (nSPS) is 14.8. The van der Waals surface area contributed by atoms with Crippen molar-refractivity contribution < 1.29 is 0 Å². The van der Waals surface area contributed by atoms with Crippen molar-refractivity contribution >= 4 is 22.7 Å². The zero-order valence-corrected chi connectivity index (χ0v) is 13.9. The first-order chi connectivity index (χ1) is 11.1. The summed E-state index contributed by atoms with van der Waals surface area (Å²) in [5.41, 5.74) is 3.82. The van der Waals surface area contributed by atoms with Crippen LogP contribution in [0.1, 0.15) is 19.4 Å². The maximum atomic E-state index is 4.18. The lowest BCUT2D eigenvalue weighted by atomic mass is 9.95. The highest BCUT2D eigenvalue weighted by molar-refractivity contribution is 5.77. The number of benzene rings is 2. The first-order valence-electron chi connectivity index (χ1n) is 7.90. The molecule has 0 atom stereocenters. The van der Waals surface area contributed by atoms with Gasteiger partial charge in [-0.2, -0.15) is 0 Å². The summed E-state index contributed by atoms with van der Waals surface area (Å²) in [5.74, 6) is 0. The molecule has 0 radical (unpaired) electrons. The minimum Gasteiger partial charge on any atom is -0.366 e. The molecule has 2 nitrogen and oxygen atoms in total. The quantitative estimate of drug-likeness (QED) is 0.570. The van der Waals surface area contributed by atoms with Crippen molar-refractivity contribution in [2.75, 3.05) is 11.9 Å². The van der Waals surface area contributed by atoms with Crippen LogP contribution >= 0.6 is 0 Å². The van der Waals surface area contributed by atoms with Gasteiger partial charge in [-0.05, 0) is 37.6 Å². The van der Waals surface area contributed by atoms with Crippen LogP contribution < -0.4 is 4.90 Å². The number of pyridine rings is 1. The summed E-state index contributed by atoms with van der Waals surface area (Å²) in [7, 11) is 2.14. The van der Waals surface area contributed by atoms with Gasteiger partial charge in [0.05, 0.1) is 11.1 Å². The summed E-state index contributed by atoms with van der Waals surface area (Å²) < 4.78 is 0. The van der Waals surface area contributed by atoms with E-state index in [-0.39, 0.29) is 5.54 Å². The highest BCUT2D eigenvalue weighted by atomic mass is 15.2. The van der Waals surface area contributed by atoms with Crippen LogP contribution in [0.25, 0.3) is 17.0 Å². The zero-order chi connectivity index (χ0) is 16.3. The molecular formula is C21H22N2. The van der Waals surface area contributed by atoms with Crippen molar-refractivity contribution in [3.8, 4) is 0 Å². The first kappa shape index (κ1) is 15.3. The number of nitrogens with zero attached hydrogens (tertiary/aromatic N) is 2. The predicted molar refractivity (Wildman–Crippen MR) is 99.7 cm³/mol. The second kappa shape index (κ2) is 6.25. The molecule has 2 heterocycles. The van der Waals surface area contributed by atoms with Gasteiger partial charge in [-0.3, -0.25) is 4.98 Å². The molecule has 1 aromatic heterocycles. The van der Waals surface area contributed by atoms with E-state index in [4.69, 9.17) is 0 Å². The van der Waals surface area contributed by atoms with E-state index in [1.54, 1.807) is 0 Å². The summed E-state index contributed by atoms with van der Waals surface area (Å²) in [4.78, 5) is 6.49. The lowest BCUT2D eigenvalue weighted by Gasteiger charge is -2.38. The largest absolute Gasteiger partial charge is 0.366 e. The number of rotatable bonds is 0. The van der Waals surface area contributed by atoms with Crippen molar-refractivity contribution in [2.45, 2.75) is 19.4 Å². The van der Waals surface area contributed by atoms with Gasteiger partial charge >= 0.3 is 0 Å². The minimum absolute atomic E-state index is 0.133. The topological polar surface area (TPSA) is 16.1 Å². The fourth-order valence-electron chi connectivity index (χ4n) is 2.67. The number of hydrogen-bond acceptors (Lipinski definition) is 2. The number of aromatic nitrogens is 1. The Morgan fingerprint density at radius 1 is 0.870 bits per heavy atom. The Morgan fingerprint density at radius 3 is 2.39 bits per heavy atom. The molecule has 0 amide bonds. The number of anilines is 1. The average molecular weight is 302 g/mol. The van der Waals surface area contributed by atoms with E-state index in [1.807, 2.05) is 30.5 Å². The highest BCUT2D eigenvalue weighted by Gasteiger charge is 2.24. The number of hydrogen-bond donors (Lipinski definition) is 0. The van der Waals surface area contributed by atoms with Gasteiger partial charge in [0.25, 0.3) is 0 Å². The Balaban J connectivity index is 0.000000140. The van der Waals surface area contributed by atoms with Crippen molar-refractivity contribution in [1.82, 2.24) is 4.98 Å². The third-order valence-corrected chi connectivity index (χ3v) is 4.35. The molecule has 1 aliphatic rings. The van der Waals surface area contributed by atoms with Crippen LogP contribution in [0.3, 0.4) is 0 Å². The molecule has 0 spiro atoms. The molecule has 3 aromatic rings. The van der Waals surface area contributed by atoms with Crippen LogP contribution in [0.5, 0.6) is 0 Å². The van der Waals surface area contributed by atoms with E-state index in [9.17, 15) is 0 Å². The van der Waals surface area contributed by atoms with Gasteiger partial charge in [0, 0.05) is 24.3 Å². The van der Waals surface area contributed by atoms with E-state index < -0.39 is 0 Å². The minimum atomic E-state index is 0.133. The van der Waals surface area contributed by atoms with Gasteiger partial charge in [-0.15, -0.1) is 0 Å². The Kier molecular flexibility index (Phi) is 4.16. The number of likely N-dealkylation sites (N-methyl/N-ethyl adjacent to an activating group) is 1. The standard InChI is InChI=1S/C12H15N.C9H7N/c1-12(2)9-8-10-6-4-5-7-11(10)13(12)3;1-2-6-9-8(4-1)5-3-7-10-9/h4-9H,1-3H3;1-7H. The van der Waals surface area contributed by atoms with Crippen molar-refractivity contribution in [1.29, 1.82) is 0 Å². The molecule has 0 bridgehead atoms. The monoisotopic (exact) mass is 302 g/mol. The fraction of sp³-hybridized carbons (Fsp3) is 0.190. The van der Waals surface area contributed by atoms with Crippen molar-refractivity contribution in [2.24, 2.45) is 0 Å². The Labute approximate surface area is 138 Å². The van der Waals surface area contributed by atoms with Crippen LogP contribution in [-0.2, 0) is 0 Å². The van der Waals surface area contributed by atoms with E-state index in [2.05, 4.69) is 79.3 Å². The molecule has 0 aliphatic carbocycles. The average Bonchev–Trinajstić information content (AvgIpc) is 2.59. The summed E-state index contributed by atoms with van der Waals surface area (Å²) >= 11 is 0.